The topological polar surface area (TPSA) is 42.7 Å². The van der Waals surface area contributed by atoms with Crippen LogP contribution in [0.25, 0.3) is 11.0 Å². The van der Waals surface area contributed by atoms with E-state index in [1.807, 2.05) is 43.0 Å². The van der Waals surface area contributed by atoms with E-state index in [9.17, 15) is 4.79 Å². The highest BCUT2D eigenvalue weighted by Crippen LogP contribution is 2.28. The molecule has 1 aromatic carbocycles. The molecule has 1 aliphatic rings. The summed E-state index contributed by atoms with van der Waals surface area (Å²) in [6.45, 7) is 6.04. The van der Waals surface area contributed by atoms with Crippen molar-refractivity contribution in [3.63, 3.8) is 0 Å². The predicted molar refractivity (Wildman–Crippen MR) is 90.5 cm³/mol. The summed E-state index contributed by atoms with van der Waals surface area (Å²) in [4.78, 5) is 14.9. The standard InChI is InChI=1S/C19H25NO3/c1-14(2)22-13-16-15-9-5-6-10-17(15)23-18(16)19(21)20-11-7-3-4-8-12-20/h5-6,9-10,14H,3-4,7-8,11-13H2,1-2H3. The highest BCUT2D eigenvalue weighted by Gasteiger charge is 2.25. The summed E-state index contributed by atoms with van der Waals surface area (Å²) < 4.78 is 11.7. The Morgan fingerprint density at radius 1 is 1.17 bits per heavy atom. The molecule has 1 amide bonds. The van der Waals surface area contributed by atoms with Gasteiger partial charge in [0.05, 0.1) is 12.7 Å². The number of furan rings is 1. The summed E-state index contributed by atoms with van der Waals surface area (Å²) in [5, 5.41) is 0.978. The van der Waals surface area contributed by atoms with Gasteiger partial charge < -0.3 is 14.1 Å². The highest BCUT2D eigenvalue weighted by atomic mass is 16.5. The van der Waals surface area contributed by atoms with Crippen molar-refractivity contribution in [2.75, 3.05) is 13.1 Å². The molecule has 0 atom stereocenters. The quantitative estimate of drug-likeness (QED) is 0.841. The largest absolute Gasteiger partial charge is 0.451 e. The van der Waals surface area contributed by atoms with E-state index in [0.29, 0.717) is 12.4 Å². The molecule has 2 heterocycles. The molecule has 0 saturated carbocycles. The fourth-order valence-corrected chi connectivity index (χ4v) is 3.08. The van der Waals surface area contributed by atoms with Crippen LogP contribution in [0.3, 0.4) is 0 Å². The Morgan fingerprint density at radius 2 is 1.87 bits per heavy atom. The molecule has 23 heavy (non-hydrogen) atoms. The van der Waals surface area contributed by atoms with Gasteiger partial charge in [0.25, 0.3) is 5.91 Å². The molecular weight excluding hydrogens is 290 g/mol. The third kappa shape index (κ3) is 3.58. The van der Waals surface area contributed by atoms with E-state index in [1.165, 1.54) is 12.8 Å². The zero-order valence-electron chi connectivity index (χ0n) is 14.0. The van der Waals surface area contributed by atoms with E-state index in [2.05, 4.69) is 0 Å². The van der Waals surface area contributed by atoms with Crippen molar-refractivity contribution in [1.82, 2.24) is 4.90 Å². The lowest BCUT2D eigenvalue weighted by atomic mass is 10.1. The first-order chi connectivity index (χ1) is 11.2. The minimum atomic E-state index is 0.00505. The normalized spacial score (nSPS) is 16.0. The van der Waals surface area contributed by atoms with Crippen molar-refractivity contribution in [3.05, 3.63) is 35.6 Å². The second-order valence-electron chi connectivity index (χ2n) is 6.47. The van der Waals surface area contributed by atoms with Crippen LogP contribution in [0, 0.1) is 0 Å². The lowest BCUT2D eigenvalue weighted by Gasteiger charge is -2.19. The monoisotopic (exact) mass is 315 g/mol. The Labute approximate surface area is 137 Å². The maximum absolute atomic E-state index is 13.0. The Bertz CT molecular complexity index is 666. The van der Waals surface area contributed by atoms with Crippen LogP contribution in [0.4, 0.5) is 0 Å². The van der Waals surface area contributed by atoms with Gasteiger partial charge in [-0.1, -0.05) is 31.0 Å². The third-order valence-corrected chi connectivity index (χ3v) is 4.35. The van der Waals surface area contributed by atoms with E-state index in [1.54, 1.807) is 0 Å². The van der Waals surface area contributed by atoms with Gasteiger partial charge in [0, 0.05) is 24.0 Å². The number of carbonyl (C=O) groups is 1. The molecule has 0 unspecified atom stereocenters. The van der Waals surface area contributed by atoms with Crippen molar-refractivity contribution >= 4 is 16.9 Å². The summed E-state index contributed by atoms with van der Waals surface area (Å²) in [7, 11) is 0. The summed E-state index contributed by atoms with van der Waals surface area (Å²) in [5.41, 5.74) is 1.64. The van der Waals surface area contributed by atoms with Crippen molar-refractivity contribution in [2.45, 2.75) is 52.2 Å². The second-order valence-corrected chi connectivity index (χ2v) is 6.47. The number of hydrogen-bond donors (Lipinski definition) is 0. The maximum Gasteiger partial charge on any atom is 0.289 e. The summed E-state index contributed by atoms with van der Waals surface area (Å²) in [6, 6.07) is 7.81. The highest BCUT2D eigenvalue weighted by molar-refractivity contribution is 5.99. The number of carbonyl (C=O) groups excluding carboxylic acids is 1. The molecule has 1 fully saturated rings. The van der Waals surface area contributed by atoms with Gasteiger partial charge in [-0.25, -0.2) is 0 Å². The number of benzene rings is 1. The number of rotatable bonds is 4. The van der Waals surface area contributed by atoms with E-state index in [4.69, 9.17) is 9.15 Å². The number of hydrogen-bond acceptors (Lipinski definition) is 3. The van der Waals surface area contributed by atoms with Crippen LogP contribution in [0.5, 0.6) is 0 Å². The van der Waals surface area contributed by atoms with E-state index in [-0.39, 0.29) is 12.0 Å². The lowest BCUT2D eigenvalue weighted by molar-refractivity contribution is 0.0613. The van der Waals surface area contributed by atoms with Crippen molar-refractivity contribution in [3.8, 4) is 0 Å². The van der Waals surface area contributed by atoms with Crippen molar-refractivity contribution in [1.29, 1.82) is 0 Å². The number of likely N-dealkylation sites (tertiary alicyclic amines) is 1. The van der Waals surface area contributed by atoms with E-state index >= 15 is 0 Å². The van der Waals surface area contributed by atoms with E-state index < -0.39 is 0 Å². The summed E-state index contributed by atoms with van der Waals surface area (Å²) in [6.07, 6.45) is 4.67. The number of amides is 1. The second kappa shape index (κ2) is 7.18. The van der Waals surface area contributed by atoms with Gasteiger partial charge in [0.15, 0.2) is 5.76 Å². The van der Waals surface area contributed by atoms with Gasteiger partial charge in [-0.2, -0.15) is 0 Å². The number of nitrogens with zero attached hydrogens (tertiary/aromatic N) is 1. The summed E-state index contributed by atoms with van der Waals surface area (Å²) in [5.74, 6) is 0.458. The molecule has 3 rings (SSSR count). The van der Waals surface area contributed by atoms with Gasteiger partial charge in [0.2, 0.25) is 0 Å². The first-order valence-corrected chi connectivity index (χ1v) is 8.58. The Balaban J connectivity index is 1.94. The molecule has 0 aliphatic carbocycles. The van der Waals surface area contributed by atoms with Gasteiger partial charge in [0.1, 0.15) is 5.58 Å². The number of ether oxygens (including phenoxy) is 1. The zero-order chi connectivity index (χ0) is 16.2. The van der Waals surface area contributed by atoms with Gasteiger partial charge in [-0.3, -0.25) is 4.79 Å². The smallest absolute Gasteiger partial charge is 0.289 e. The minimum absolute atomic E-state index is 0.00505. The molecular formula is C19H25NO3. The molecule has 0 N–H and O–H groups in total. The number of para-hydroxylation sites is 1. The average Bonchev–Trinajstić information content (AvgIpc) is 2.71. The Kier molecular flexibility index (Phi) is 5.01. The Hall–Kier alpha value is -1.81. The molecule has 0 spiro atoms. The fourth-order valence-electron chi connectivity index (χ4n) is 3.08. The fraction of sp³-hybridized carbons (Fsp3) is 0.526. The molecule has 1 aliphatic heterocycles. The molecule has 4 heteroatoms. The minimum Gasteiger partial charge on any atom is -0.451 e. The van der Waals surface area contributed by atoms with Crippen LogP contribution in [-0.2, 0) is 11.3 Å². The number of fused-ring (bicyclic) bond motifs is 1. The molecule has 0 radical (unpaired) electrons. The molecule has 124 valence electrons. The van der Waals surface area contributed by atoms with Gasteiger partial charge in [-0.15, -0.1) is 0 Å². The van der Waals surface area contributed by atoms with Crippen LogP contribution < -0.4 is 0 Å². The molecule has 1 saturated heterocycles. The van der Waals surface area contributed by atoms with Gasteiger partial charge in [-0.05, 0) is 32.8 Å². The maximum atomic E-state index is 13.0. The average molecular weight is 315 g/mol. The van der Waals surface area contributed by atoms with Gasteiger partial charge >= 0.3 is 0 Å². The van der Waals surface area contributed by atoms with Crippen molar-refractivity contribution < 1.29 is 13.9 Å². The SMILES string of the molecule is CC(C)OCc1c(C(=O)N2CCCCCC2)oc2ccccc12. The first-order valence-electron chi connectivity index (χ1n) is 8.58. The van der Waals surface area contributed by atoms with Crippen molar-refractivity contribution in [2.24, 2.45) is 0 Å². The van der Waals surface area contributed by atoms with Crippen LogP contribution in [-0.4, -0.2) is 30.0 Å². The Morgan fingerprint density at radius 3 is 2.57 bits per heavy atom. The van der Waals surface area contributed by atoms with Crippen LogP contribution in [0.2, 0.25) is 0 Å². The van der Waals surface area contributed by atoms with Crippen LogP contribution in [0.1, 0.15) is 55.6 Å². The van der Waals surface area contributed by atoms with E-state index in [0.717, 1.165) is 42.5 Å². The van der Waals surface area contributed by atoms with Crippen LogP contribution in [0.15, 0.2) is 28.7 Å². The predicted octanol–water partition coefficient (Wildman–Crippen LogP) is 4.37. The zero-order valence-corrected chi connectivity index (χ0v) is 14.0. The molecule has 4 nitrogen and oxygen atoms in total. The summed E-state index contributed by atoms with van der Waals surface area (Å²) >= 11 is 0. The third-order valence-electron chi connectivity index (χ3n) is 4.35. The lowest BCUT2D eigenvalue weighted by Crippen LogP contribution is -2.32. The first kappa shape index (κ1) is 16.1. The molecule has 2 aromatic rings. The molecule has 0 bridgehead atoms. The molecule has 1 aromatic heterocycles. The van der Waals surface area contributed by atoms with Crippen LogP contribution >= 0.6 is 0 Å².